The van der Waals surface area contributed by atoms with E-state index in [0.29, 0.717) is 6.61 Å². The van der Waals surface area contributed by atoms with Crippen molar-refractivity contribution in [2.24, 2.45) is 5.92 Å². The van der Waals surface area contributed by atoms with Crippen molar-refractivity contribution in [3.8, 4) is 0 Å². The van der Waals surface area contributed by atoms with E-state index in [0.717, 1.165) is 19.5 Å². The van der Waals surface area contributed by atoms with Gasteiger partial charge in [-0.25, -0.2) is 4.79 Å². The first-order valence-corrected chi connectivity index (χ1v) is 5.94. The number of piperidine rings is 1. The van der Waals surface area contributed by atoms with Crippen molar-refractivity contribution in [2.75, 3.05) is 26.8 Å². The van der Waals surface area contributed by atoms with Gasteiger partial charge in [0.15, 0.2) is 0 Å². The van der Waals surface area contributed by atoms with E-state index >= 15 is 0 Å². The normalized spacial score (nSPS) is 21.4. The molecule has 1 saturated heterocycles. The first kappa shape index (κ1) is 21.9. The van der Waals surface area contributed by atoms with E-state index in [9.17, 15) is 18.0 Å². The van der Waals surface area contributed by atoms with Gasteiger partial charge in [-0.3, -0.25) is 4.79 Å². The second-order valence-electron chi connectivity index (χ2n) is 3.93. The highest BCUT2D eigenvalue weighted by atomic mass is 19.4. The molecule has 0 aromatic carbocycles. The largest absolute Gasteiger partial charge is 0.490 e. The average molecular weight is 317 g/mol. The van der Waals surface area contributed by atoms with Crippen molar-refractivity contribution in [3.63, 3.8) is 0 Å². The molecule has 126 valence electrons. The minimum atomic E-state index is -5.08. The SMILES string of the molecule is C.CCOC(=O)[C@@H]1CCNC[C@@H]1OC.O=C(O)C(F)(F)F. The second-order valence-corrected chi connectivity index (χ2v) is 3.93. The third kappa shape index (κ3) is 8.51. The Morgan fingerprint density at radius 3 is 2.29 bits per heavy atom. The maximum absolute atomic E-state index is 11.4. The van der Waals surface area contributed by atoms with Gasteiger partial charge in [-0.1, -0.05) is 7.43 Å². The molecule has 6 nitrogen and oxygen atoms in total. The molecule has 2 N–H and O–H groups in total. The first-order valence-electron chi connectivity index (χ1n) is 5.94. The minimum Gasteiger partial charge on any atom is -0.475 e. The van der Waals surface area contributed by atoms with Crippen LogP contribution in [0.15, 0.2) is 0 Å². The van der Waals surface area contributed by atoms with E-state index in [1.54, 1.807) is 7.11 Å². The average Bonchev–Trinajstić information content (AvgIpc) is 2.38. The molecule has 0 aromatic rings. The molecular formula is C12H22F3NO5. The molecule has 0 radical (unpaired) electrons. The van der Waals surface area contributed by atoms with Gasteiger partial charge < -0.3 is 19.9 Å². The van der Waals surface area contributed by atoms with E-state index in [1.807, 2.05) is 6.92 Å². The van der Waals surface area contributed by atoms with Gasteiger partial charge in [0.1, 0.15) is 0 Å². The molecule has 0 saturated carbocycles. The van der Waals surface area contributed by atoms with Gasteiger partial charge in [0.05, 0.1) is 18.6 Å². The lowest BCUT2D eigenvalue weighted by molar-refractivity contribution is -0.192. The summed E-state index contributed by atoms with van der Waals surface area (Å²) in [6.07, 6.45) is -4.31. The molecule has 0 aliphatic carbocycles. The van der Waals surface area contributed by atoms with Gasteiger partial charge in [-0.05, 0) is 19.9 Å². The number of aliphatic carboxylic acids is 1. The molecule has 0 amide bonds. The number of ether oxygens (including phenoxy) is 2. The molecular weight excluding hydrogens is 295 g/mol. The Kier molecular flexibility index (Phi) is 10.9. The molecule has 0 unspecified atom stereocenters. The van der Waals surface area contributed by atoms with Gasteiger partial charge >= 0.3 is 18.1 Å². The number of nitrogens with one attached hydrogen (secondary N) is 1. The summed E-state index contributed by atoms with van der Waals surface area (Å²) in [5, 5.41) is 10.3. The summed E-state index contributed by atoms with van der Waals surface area (Å²) in [5.41, 5.74) is 0. The van der Waals surface area contributed by atoms with E-state index < -0.39 is 12.1 Å². The van der Waals surface area contributed by atoms with Crippen LogP contribution < -0.4 is 5.32 Å². The van der Waals surface area contributed by atoms with Crippen molar-refractivity contribution in [1.82, 2.24) is 5.32 Å². The van der Waals surface area contributed by atoms with E-state index in [4.69, 9.17) is 19.4 Å². The van der Waals surface area contributed by atoms with Crippen LogP contribution in [0.5, 0.6) is 0 Å². The molecule has 2 atom stereocenters. The van der Waals surface area contributed by atoms with Crippen LogP contribution in [0.3, 0.4) is 0 Å². The summed E-state index contributed by atoms with van der Waals surface area (Å²) in [6.45, 7) is 3.86. The Balaban J connectivity index is 0. The summed E-state index contributed by atoms with van der Waals surface area (Å²) in [4.78, 5) is 20.3. The van der Waals surface area contributed by atoms with Crippen molar-refractivity contribution < 1.29 is 37.3 Å². The molecule has 0 spiro atoms. The van der Waals surface area contributed by atoms with Crippen LogP contribution in [0, 0.1) is 5.92 Å². The van der Waals surface area contributed by atoms with Crippen LogP contribution in [0.4, 0.5) is 13.2 Å². The van der Waals surface area contributed by atoms with Gasteiger partial charge in [0.25, 0.3) is 0 Å². The molecule has 1 heterocycles. The number of rotatable bonds is 3. The van der Waals surface area contributed by atoms with Crippen molar-refractivity contribution in [2.45, 2.75) is 33.1 Å². The number of esters is 1. The maximum Gasteiger partial charge on any atom is 0.490 e. The molecule has 1 aliphatic rings. The van der Waals surface area contributed by atoms with E-state index in [2.05, 4.69) is 5.32 Å². The maximum atomic E-state index is 11.4. The molecule has 0 aromatic heterocycles. The topological polar surface area (TPSA) is 84.9 Å². The number of carboxylic acid groups (broad SMARTS) is 1. The van der Waals surface area contributed by atoms with Crippen molar-refractivity contribution in [1.29, 1.82) is 0 Å². The van der Waals surface area contributed by atoms with Crippen LogP contribution in [0.25, 0.3) is 0 Å². The summed E-state index contributed by atoms with van der Waals surface area (Å²) < 4.78 is 41.9. The van der Waals surface area contributed by atoms with E-state index in [1.165, 1.54) is 0 Å². The molecule has 1 aliphatic heterocycles. The third-order valence-corrected chi connectivity index (χ3v) is 2.56. The van der Waals surface area contributed by atoms with Crippen LogP contribution in [0.1, 0.15) is 20.8 Å². The Morgan fingerprint density at radius 2 is 1.90 bits per heavy atom. The summed E-state index contributed by atoms with van der Waals surface area (Å²) in [5.74, 6) is -2.98. The Hall–Kier alpha value is -1.35. The number of alkyl halides is 3. The lowest BCUT2D eigenvalue weighted by Crippen LogP contribution is -2.45. The summed E-state index contributed by atoms with van der Waals surface area (Å²) in [7, 11) is 1.63. The monoisotopic (exact) mass is 317 g/mol. The number of carbonyl (C=O) groups is 2. The molecule has 0 bridgehead atoms. The summed E-state index contributed by atoms with van der Waals surface area (Å²) >= 11 is 0. The minimum absolute atomic E-state index is 0. The number of methoxy groups -OCH3 is 1. The van der Waals surface area contributed by atoms with Gasteiger partial charge in [-0.2, -0.15) is 13.2 Å². The number of carboxylic acids is 1. The van der Waals surface area contributed by atoms with Crippen molar-refractivity contribution >= 4 is 11.9 Å². The zero-order valence-corrected chi connectivity index (χ0v) is 11.2. The van der Waals surface area contributed by atoms with Crippen LogP contribution in [-0.4, -0.2) is 56.1 Å². The third-order valence-electron chi connectivity index (χ3n) is 2.56. The summed E-state index contributed by atoms with van der Waals surface area (Å²) in [6, 6.07) is 0. The predicted molar refractivity (Wildman–Crippen MR) is 68.8 cm³/mol. The highest BCUT2D eigenvalue weighted by molar-refractivity contribution is 5.73. The Bertz CT molecular complexity index is 323. The lowest BCUT2D eigenvalue weighted by atomic mass is 9.95. The number of hydrogen-bond donors (Lipinski definition) is 2. The standard InChI is InChI=1S/C9H17NO3.C2HF3O2.CH4/c1-3-13-9(11)7-4-5-10-6-8(7)12-2;3-2(4,5)1(6)7;/h7-8,10H,3-6H2,1-2H3;(H,6,7);1H4/t7-,8+;;/m1../s1. The van der Waals surface area contributed by atoms with Gasteiger partial charge in [-0.15, -0.1) is 0 Å². The van der Waals surface area contributed by atoms with Gasteiger partial charge in [0, 0.05) is 13.7 Å². The fraction of sp³-hybridized carbons (Fsp3) is 0.833. The number of halogens is 3. The van der Waals surface area contributed by atoms with Crippen LogP contribution in [-0.2, 0) is 19.1 Å². The highest BCUT2D eigenvalue weighted by Crippen LogP contribution is 2.16. The fourth-order valence-corrected chi connectivity index (χ4v) is 1.60. The van der Waals surface area contributed by atoms with E-state index in [-0.39, 0.29) is 25.4 Å². The number of carbonyl (C=O) groups excluding carboxylic acids is 1. The van der Waals surface area contributed by atoms with Crippen molar-refractivity contribution in [3.05, 3.63) is 0 Å². The zero-order chi connectivity index (χ0) is 15.8. The highest BCUT2D eigenvalue weighted by Gasteiger charge is 2.38. The Labute approximate surface area is 121 Å². The zero-order valence-electron chi connectivity index (χ0n) is 11.2. The lowest BCUT2D eigenvalue weighted by Gasteiger charge is -2.29. The molecule has 1 rings (SSSR count). The van der Waals surface area contributed by atoms with Crippen LogP contribution >= 0.6 is 0 Å². The predicted octanol–water partition coefficient (Wildman–Crippen LogP) is 1.44. The van der Waals surface area contributed by atoms with Gasteiger partial charge in [0.2, 0.25) is 0 Å². The number of hydrogen-bond acceptors (Lipinski definition) is 5. The Morgan fingerprint density at radius 1 is 1.38 bits per heavy atom. The fourth-order valence-electron chi connectivity index (χ4n) is 1.60. The quantitative estimate of drug-likeness (QED) is 0.766. The molecule has 21 heavy (non-hydrogen) atoms. The second kappa shape index (κ2) is 10.4. The van der Waals surface area contributed by atoms with Crippen LogP contribution in [0.2, 0.25) is 0 Å². The molecule has 1 fully saturated rings. The smallest absolute Gasteiger partial charge is 0.475 e. The first-order chi connectivity index (χ1) is 9.23. The molecule has 9 heteroatoms.